The molecule has 1 aliphatic carbocycles. The smallest absolute Gasteiger partial charge is 0.254 e. The Morgan fingerprint density at radius 1 is 1.14 bits per heavy atom. The van der Waals surface area contributed by atoms with Gasteiger partial charge in [0.05, 0.1) is 25.8 Å². The fourth-order valence-corrected chi connectivity index (χ4v) is 3.35. The zero-order valence-corrected chi connectivity index (χ0v) is 18.2. The van der Waals surface area contributed by atoms with Gasteiger partial charge in [0.1, 0.15) is 5.75 Å². The minimum Gasteiger partial charge on any atom is -0.497 e. The lowest BCUT2D eigenvalue weighted by Crippen LogP contribution is -2.32. The summed E-state index contributed by atoms with van der Waals surface area (Å²) in [5, 5.41) is 0.383. The standard InChI is InChI=1S/C23H28ClNO4/c1-15(2)14-29-22-20(24)11-17(12-21(22)28-4)23(26)25(18-7-8-18)13-16-5-9-19(27-3)10-6-16/h5-6,9-12,15,18H,7-8,13-14H2,1-4H3. The monoisotopic (exact) mass is 417 g/mol. The molecule has 2 aromatic carbocycles. The van der Waals surface area contributed by atoms with E-state index in [0.717, 1.165) is 24.2 Å². The molecule has 1 fully saturated rings. The minimum atomic E-state index is -0.0565. The Hall–Kier alpha value is -2.40. The molecule has 29 heavy (non-hydrogen) atoms. The van der Waals surface area contributed by atoms with Gasteiger partial charge in [0.15, 0.2) is 11.5 Å². The van der Waals surface area contributed by atoms with Gasteiger partial charge in [-0.15, -0.1) is 0 Å². The van der Waals surface area contributed by atoms with Crippen molar-refractivity contribution in [3.8, 4) is 17.2 Å². The normalized spacial score (nSPS) is 13.3. The van der Waals surface area contributed by atoms with Gasteiger partial charge >= 0.3 is 0 Å². The summed E-state index contributed by atoms with van der Waals surface area (Å²) in [7, 11) is 3.19. The van der Waals surface area contributed by atoms with Crippen LogP contribution in [0.1, 0.15) is 42.6 Å². The van der Waals surface area contributed by atoms with Crippen LogP contribution in [0.3, 0.4) is 0 Å². The summed E-state index contributed by atoms with van der Waals surface area (Å²) < 4.78 is 16.5. The summed E-state index contributed by atoms with van der Waals surface area (Å²) in [6.45, 7) is 5.18. The van der Waals surface area contributed by atoms with Gasteiger partial charge in [-0.1, -0.05) is 37.6 Å². The average Bonchev–Trinajstić information content (AvgIpc) is 3.55. The molecule has 0 aliphatic heterocycles. The third-order valence-corrected chi connectivity index (χ3v) is 5.08. The van der Waals surface area contributed by atoms with Crippen molar-refractivity contribution in [2.24, 2.45) is 5.92 Å². The highest BCUT2D eigenvalue weighted by atomic mass is 35.5. The Morgan fingerprint density at radius 3 is 2.38 bits per heavy atom. The number of hydrogen-bond acceptors (Lipinski definition) is 4. The SMILES string of the molecule is COc1ccc(CN(C(=O)c2cc(Cl)c(OCC(C)C)c(OC)c2)C2CC2)cc1. The van der Waals surface area contributed by atoms with E-state index in [1.54, 1.807) is 26.4 Å². The summed E-state index contributed by atoms with van der Waals surface area (Å²) in [6.07, 6.45) is 2.03. The van der Waals surface area contributed by atoms with E-state index in [1.165, 1.54) is 0 Å². The molecule has 0 atom stereocenters. The lowest BCUT2D eigenvalue weighted by Gasteiger charge is -2.24. The van der Waals surface area contributed by atoms with Gasteiger partial charge in [0.2, 0.25) is 0 Å². The molecule has 0 bridgehead atoms. The van der Waals surface area contributed by atoms with Gasteiger partial charge < -0.3 is 19.1 Å². The number of nitrogens with zero attached hydrogens (tertiary/aromatic N) is 1. The molecule has 1 saturated carbocycles. The predicted octanol–water partition coefficient (Wildman–Crippen LogP) is 5.20. The first kappa shape index (κ1) is 21.3. The van der Waals surface area contributed by atoms with E-state index in [1.807, 2.05) is 29.2 Å². The molecular weight excluding hydrogens is 390 g/mol. The zero-order valence-electron chi connectivity index (χ0n) is 17.4. The maximum Gasteiger partial charge on any atom is 0.254 e. The van der Waals surface area contributed by atoms with E-state index in [2.05, 4.69) is 13.8 Å². The van der Waals surface area contributed by atoms with E-state index >= 15 is 0 Å². The fraction of sp³-hybridized carbons (Fsp3) is 0.435. The second kappa shape index (κ2) is 9.40. The van der Waals surface area contributed by atoms with Crippen LogP contribution < -0.4 is 14.2 Å². The second-order valence-electron chi connectivity index (χ2n) is 7.71. The molecule has 0 radical (unpaired) electrons. The fourth-order valence-electron chi connectivity index (χ4n) is 3.08. The van der Waals surface area contributed by atoms with Crippen LogP contribution in [0.4, 0.5) is 0 Å². The highest BCUT2D eigenvalue weighted by molar-refractivity contribution is 6.32. The number of rotatable bonds is 9. The van der Waals surface area contributed by atoms with Crippen molar-refractivity contribution in [2.45, 2.75) is 39.3 Å². The maximum atomic E-state index is 13.3. The van der Waals surface area contributed by atoms with Gasteiger partial charge in [0.25, 0.3) is 5.91 Å². The molecule has 156 valence electrons. The number of carbonyl (C=O) groups excluding carboxylic acids is 1. The molecular formula is C23H28ClNO4. The topological polar surface area (TPSA) is 48.0 Å². The average molecular weight is 418 g/mol. The Bertz CT molecular complexity index is 847. The van der Waals surface area contributed by atoms with Crippen molar-refractivity contribution in [3.63, 3.8) is 0 Å². The van der Waals surface area contributed by atoms with Crippen LogP contribution in [0.5, 0.6) is 17.2 Å². The second-order valence-corrected chi connectivity index (χ2v) is 8.11. The largest absolute Gasteiger partial charge is 0.497 e. The van der Waals surface area contributed by atoms with Gasteiger partial charge in [-0.3, -0.25) is 4.79 Å². The Kier molecular flexibility index (Phi) is 6.91. The van der Waals surface area contributed by atoms with Gasteiger partial charge in [-0.25, -0.2) is 0 Å². The molecule has 2 aromatic rings. The number of benzene rings is 2. The molecule has 3 rings (SSSR count). The quantitative estimate of drug-likeness (QED) is 0.562. The van der Waals surface area contributed by atoms with E-state index < -0.39 is 0 Å². The summed E-state index contributed by atoms with van der Waals surface area (Å²) >= 11 is 6.44. The molecule has 0 spiro atoms. The number of amides is 1. The molecule has 0 aromatic heterocycles. The van der Waals surface area contributed by atoms with E-state index in [0.29, 0.717) is 41.2 Å². The van der Waals surface area contributed by atoms with E-state index in [-0.39, 0.29) is 11.9 Å². The van der Waals surface area contributed by atoms with Crippen LogP contribution in [0.2, 0.25) is 5.02 Å². The van der Waals surface area contributed by atoms with E-state index in [9.17, 15) is 4.79 Å². The molecule has 1 aliphatic rings. The first-order valence-corrected chi connectivity index (χ1v) is 10.2. The van der Waals surface area contributed by atoms with Crippen molar-refractivity contribution in [1.82, 2.24) is 4.90 Å². The third-order valence-electron chi connectivity index (χ3n) is 4.80. The highest BCUT2D eigenvalue weighted by Crippen LogP contribution is 2.38. The van der Waals surface area contributed by atoms with Crippen LogP contribution in [-0.2, 0) is 6.54 Å². The van der Waals surface area contributed by atoms with Crippen molar-refractivity contribution in [2.75, 3.05) is 20.8 Å². The van der Waals surface area contributed by atoms with Crippen molar-refractivity contribution in [3.05, 3.63) is 52.5 Å². The van der Waals surface area contributed by atoms with Crippen LogP contribution in [-0.4, -0.2) is 37.7 Å². The lowest BCUT2D eigenvalue weighted by molar-refractivity contribution is 0.0729. The van der Waals surface area contributed by atoms with Crippen LogP contribution in [0.25, 0.3) is 0 Å². The summed E-state index contributed by atoms with van der Waals surface area (Å²) in [6, 6.07) is 11.4. The van der Waals surface area contributed by atoms with Crippen molar-refractivity contribution < 1.29 is 19.0 Å². The number of halogens is 1. The van der Waals surface area contributed by atoms with Gasteiger partial charge in [-0.2, -0.15) is 0 Å². The van der Waals surface area contributed by atoms with Gasteiger partial charge in [0, 0.05) is 18.2 Å². The van der Waals surface area contributed by atoms with Crippen LogP contribution in [0, 0.1) is 5.92 Å². The predicted molar refractivity (Wildman–Crippen MR) is 114 cm³/mol. The summed E-state index contributed by atoms with van der Waals surface area (Å²) in [4.78, 5) is 15.2. The zero-order chi connectivity index (χ0) is 21.0. The molecule has 0 saturated heterocycles. The highest BCUT2D eigenvalue weighted by Gasteiger charge is 2.33. The maximum absolute atomic E-state index is 13.3. The van der Waals surface area contributed by atoms with Crippen molar-refractivity contribution >= 4 is 17.5 Å². The number of carbonyl (C=O) groups is 1. The van der Waals surface area contributed by atoms with Crippen LogP contribution >= 0.6 is 11.6 Å². The number of hydrogen-bond donors (Lipinski definition) is 0. The summed E-state index contributed by atoms with van der Waals surface area (Å²) in [5.41, 5.74) is 1.56. The number of ether oxygens (including phenoxy) is 3. The third kappa shape index (κ3) is 5.36. The Balaban J connectivity index is 1.83. The first-order valence-electron chi connectivity index (χ1n) is 9.87. The van der Waals surface area contributed by atoms with E-state index in [4.69, 9.17) is 25.8 Å². The Labute approximate surface area is 177 Å². The van der Waals surface area contributed by atoms with Crippen molar-refractivity contribution in [1.29, 1.82) is 0 Å². The molecule has 1 amide bonds. The lowest BCUT2D eigenvalue weighted by atomic mass is 10.1. The molecule has 0 heterocycles. The molecule has 5 nitrogen and oxygen atoms in total. The van der Waals surface area contributed by atoms with Crippen LogP contribution in [0.15, 0.2) is 36.4 Å². The molecule has 0 unspecified atom stereocenters. The molecule has 0 N–H and O–H groups in total. The first-order chi connectivity index (χ1) is 13.9. The molecule has 6 heteroatoms. The van der Waals surface area contributed by atoms with Gasteiger partial charge in [-0.05, 0) is 48.6 Å². The Morgan fingerprint density at radius 2 is 1.83 bits per heavy atom. The minimum absolute atomic E-state index is 0.0565. The summed E-state index contributed by atoms with van der Waals surface area (Å²) in [5.74, 6) is 2.05. The number of methoxy groups -OCH3 is 2.